The molecule has 3 aromatic rings. The third-order valence-corrected chi connectivity index (χ3v) is 5.41. The van der Waals surface area contributed by atoms with Crippen molar-refractivity contribution in [1.29, 1.82) is 0 Å². The van der Waals surface area contributed by atoms with Crippen LogP contribution in [-0.4, -0.2) is 31.1 Å². The topological polar surface area (TPSA) is 15.3 Å². The van der Waals surface area contributed by atoms with Crippen molar-refractivity contribution < 1.29 is 13.2 Å². The van der Waals surface area contributed by atoms with Gasteiger partial charge in [0.15, 0.2) is 0 Å². The van der Waals surface area contributed by atoms with Crippen LogP contribution >= 0.6 is 0 Å². The molecule has 1 unspecified atom stereocenters. The van der Waals surface area contributed by atoms with E-state index in [1.165, 1.54) is 12.1 Å². The van der Waals surface area contributed by atoms with E-state index in [0.29, 0.717) is 0 Å². The SMILES string of the molecule is FC(F)(F)c1ccc(C(c2cccc3ccccc23)N2CCCNCC2)cc1. The molecule has 0 spiro atoms. The first-order valence-electron chi connectivity index (χ1n) is 9.63. The maximum atomic E-state index is 13.0. The Kier molecular flexibility index (Phi) is 5.38. The molecule has 0 aliphatic carbocycles. The number of halogens is 3. The van der Waals surface area contributed by atoms with Gasteiger partial charge < -0.3 is 5.32 Å². The van der Waals surface area contributed by atoms with E-state index in [1.54, 1.807) is 12.1 Å². The summed E-state index contributed by atoms with van der Waals surface area (Å²) < 4.78 is 39.1. The summed E-state index contributed by atoms with van der Waals surface area (Å²) in [5, 5.41) is 5.70. The summed E-state index contributed by atoms with van der Waals surface area (Å²) in [6, 6.07) is 20.0. The van der Waals surface area contributed by atoms with Crippen molar-refractivity contribution in [3.63, 3.8) is 0 Å². The van der Waals surface area contributed by atoms with Gasteiger partial charge in [0, 0.05) is 19.6 Å². The zero-order valence-electron chi connectivity index (χ0n) is 15.5. The summed E-state index contributed by atoms with van der Waals surface area (Å²) in [6.45, 7) is 3.60. The molecule has 1 saturated heterocycles. The molecule has 0 amide bonds. The van der Waals surface area contributed by atoms with Gasteiger partial charge in [0.05, 0.1) is 11.6 Å². The summed E-state index contributed by atoms with van der Waals surface area (Å²) in [6.07, 6.45) is -3.30. The second kappa shape index (κ2) is 7.94. The van der Waals surface area contributed by atoms with E-state index >= 15 is 0 Å². The second-order valence-corrected chi connectivity index (χ2v) is 7.23. The van der Waals surface area contributed by atoms with E-state index in [9.17, 15) is 13.2 Å². The molecule has 0 saturated carbocycles. The summed E-state index contributed by atoms with van der Waals surface area (Å²) >= 11 is 0. The number of nitrogens with zero attached hydrogens (tertiary/aromatic N) is 1. The molecule has 0 bridgehead atoms. The molecule has 3 aromatic carbocycles. The van der Waals surface area contributed by atoms with Gasteiger partial charge in [0.25, 0.3) is 0 Å². The Labute approximate surface area is 163 Å². The number of hydrogen-bond acceptors (Lipinski definition) is 2. The van der Waals surface area contributed by atoms with Crippen molar-refractivity contribution in [3.8, 4) is 0 Å². The lowest BCUT2D eigenvalue weighted by Crippen LogP contribution is -2.33. The van der Waals surface area contributed by atoms with Gasteiger partial charge in [-0.2, -0.15) is 13.2 Å². The quantitative estimate of drug-likeness (QED) is 0.664. The molecule has 0 radical (unpaired) electrons. The highest BCUT2D eigenvalue weighted by Gasteiger charge is 2.31. The molecule has 2 nitrogen and oxygen atoms in total. The monoisotopic (exact) mass is 384 g/mol. The molecule has 1 atom stereocenters. The average molecular weight is 384 g/mol. The van der Waals surface area contributed by atoms with Crippen molar-refractivity contribution in [2.45, 2.75) is 18.6 Å². The molecule has 1 aliphatic rings. The summed E-state index contributed by atoms with van der Waals surface area (Å²) in [4.78, 5) is 2.38. The van der Waals surface area contributed by atoms with E-state index in [1.807, 2.05) is 18.2 Å². The number of alkyl halides is 3. The molecule has 5 heteroatoms. The fourth-order valence-corrected chi connectivity index (χ4v) is 4.06. The predicted octanol–water partition coefficient (Wildman–Crippen LogP) is 5.24. The number of rotatable bonds is 3. The minimum atomic E-state index is -4.32. The largest absolute Gasteiger partial charge is 0.416 e. The van der Waals surface area contributed by atoms with Crippen LogP contribution in [0.5, 0.6) is 0 Å². The highest BCUT2D eigenvalue weighted by atomic mass is 19.4. The van der Waals surface area contributed by atoms with Crippen molar-refractivity contribution in [3.05, 3.63) is 83.4 Å². The van der Waals surface area contributed by atoms with E-state index in [0.717, 1.165) is 54.5 Å². The fraction of sp³-hybridized carbons (Fsp3) is 0.304. The highest BCUT2D eigenvalue weighted by Crippen LogP contribution is 2.36. The Balaban J connectivity index is 1.82. The van der Waals surface area contributed by atoms with Crippen LogP contribution in [-0.2, 0) is 6.18 Å². The van der Waals surface area contributed by atoms with Gasteiger partial charge in [-0.15, -0.1) is 0 Å². The van der Waals surface area contributed by atoms with Crippen LogP contribution in [0.3, 0.4) is 0 Å². The average Bonchev–Trinajstić information content (AvgIpc) is 2.98. The van der Waals surface area contributed by atoms with Crippen molar-refractivity contribution in [2.75, 3.05) is 26.2 Å². The molecule has 1 N–H and O–H groups in total. The molecular weight excluding hydrogens is 361 g/mol. The van der Waals surface area contributed by atoms with Crippen molar-refractivity contribution in [1.82, 2.24) is 10.2 Å². The summed E-state index contributed by atoms with van der Waals surface area (Å²) in [5.41, 5.74) is 1.43. The molecule has 28 heavy (non-hydrogen) atoms. The van der Waals surface area contributed by atoms with Gasteiger partial charge in [-0.05, 0) is 47.0 Å². The lowest BCUT2D eigenvalue weighted by Gasteiger charge is -2.32. The smallest absolute Gasteiger partial charge is 0.315 e. The second-order valence-electron chi connectivity index (χ2n) is 7.23. The van der Waals surface area contributed by atoms with Gasteiger partial charge in [-0.25, -0.2) is 0 Å². The molecule has 1 heterocycles. The lowest BCUT2D eigenvalue weighted by atomic mass is 9.91. The Bertz CT molecular complexity index is 921. The minimum absolute atomic E-state index is 0.0757. The number of nitrogens with one attached hydrogen (secondary N) is 1. The predicted molar refractivity (Wildman–Crippen MR) is 106 cm³/mol. The molecule has 4 rings (SSSR count). The zero-order chi connectivity index (χ0) is 19.6. The van der Waals surface area contributed by atoms with Gasteiger partial charge in [-0.3, -0.25) is 4.90 Å². The Morgan fingerprint density at radius 3 is 2.36 bits per heavy atom. The van der Waals surface area contributed by atoms with Crippen LogP contribution in [0.25, 0.3) is 10.8 Å². The number of hydrogen-bond donors (Lipinski definition) is 1. The normalized spacial score (nSPS) is 17.4. The van der Waals surface area contributed by atoms with Gasteiger partial charge >= 0.3 is 6.18 Å². The first kappa shape index (κ1) is 19.0. The Morgan fingerprint density at radius 2 is 1.57 bits per heavy atom. The van der Waals surface area contributed by atoms with Crippen LogP contribution in [0.15, 0.2) is 66.7 Å². The van der Waals surface area contributed by atoms with Crippen LogP contribution in [0.2, 0.25) is 0 Å². The molecular formula is C23H23F3N2. The van der Waals surface area contributed by atoms with Crippen LogP contribution in [0, 0.1) is 0 Å². The number of benzene rings is 3. The highest BCUT2D eigenvalue weighted by molar-refractivity contribution is 5.86. The fourth-order valence-electron chi connectivity index (χ4n) is 4.06. The summed E-state index contributed by atoms with van der Waals surface area (Å²) in [5.74, 6) is 0. The maximum absolute atomic E-state index is 13.0. The van der Waals surface area contributed by atoms with Gasteiger partial charge in [0.2, 0.25) is 0 Å². The van der Waals surface area contributed by atoms with Crippen LogP contribution in [0.4, 0.5) is 13.2 Å². The lowest BCUT2D eigenvalue weighted by molar-refractivity contribution is -0.137. The Hall–Kier alpha value is -2.37. The third-order valence-electron chi connectivity index (χ3n) is 5.41. The van der Waals surface area contributed by atoms with Crippen molar-refractivity contribution in [2.24, 2.45) is 0 Å². The zero-order valence-corrected chi connectivity index (χ0v) is 15.5. The Morgan fingerprint density at radius 1 is 0.821 bits per heavy atom. The van der Waals surface area contributed by atoms with Gasteiger partial charge in [-0.1, -0.05) is 54.6 Å². The van der Waals surface area contributed by atoms with E-state index in [2.05, 4.69) is 34.5 Å². The molecule has 1 aliphatic heterocycles. The van der Waals surface area contributed by atoms with E-state index in [4.69, 9.17) is 0 Å². The van der Waals surface area contributed by atoms with Crippen LogP contribution < -0.4 is 5.32 Å². The minimum Gasteiger partial charge on any atom is -0.315 e. The van der Waals surface area contributed by atoms with E-state index in [-0.39, 0.29) is 6.04 Å². The number of fused-ring (bicyclic) bond motifs is 1. The first-order valence-corrected chi connectivity index (χ1v) is 9.63. The summed E-state index contributed by atoms with van der Waals surface area (Å²) in [7, 11) is 0. The maximum Gasteiger partial charge on any atom is 0.416 e. The molecule has 0 aromatic heterocycles. The standard InChI is InChI=1S/C23H23F3N2/c24-23(25,26)19-11-9-18(10-12-19)22(28-15-4-13-27-14-16-28)21-8-3-6-17-5-1-2-7-20(17)21/h1-3,5-12,22,27H,4,13-16H2. The molecule has 146 valence electrons. The van der Waals surface area contributed by atoms with Crippen molar-refractivity contribution >= 4 is 10.8 Å². The van der Waals surface area contributed by atoms with Gasteiger partial charge in [0.1, 0.15) is 0 Å². The third kappa shape index (κ3) is 3.91. The first-order chi connectivity index (χ1) is 13.5. The van der Waals surface area contributed by atoms with Crippen LogP contribution in [0.1, 0.15) is 29.2 Å². The molecule has 1 fully saturated rings. The van der Waals surface area contributed by atoms with E-state index < -0.39 is 11.7 Å².